The van der Waals surface area contributed by atoms with E-state index < -0.39 is 11.0 Å². The van der Waals surface area contributed by atoms with Gasteiger partial charge in [0.2, 0.25) is 0 Å². The van der Waals surface area contributed by atoms with Crippen molar-refractivity contribution < 1.29 is 9.72 Å². The summed E-state index contributed by atoms with van der Waals surface area (Å²) in [7, 11) is 1.63. The molecule has 0 aliphatic rings. The second-order valence-electron chi connectivity index (χ2n) is 4.61. The maximum absolute atomic E-state index is 12.1. The highest BCUT2D eigenvalue weighted by atomic mass is 16.6. The van der Waals surface area contributed by atoms with E-state index in [0.717, 1.165) is 11.8 Å². The van der Waals surface area contributed by atoms with Crippen LogP contribution in [0, 0.1) is 10.1 Å². The molecule has 2 amide bonds. The van der Waals surface area contributed by atoms with Gasteiger partial charge in [0.25, 0.3) is 0 Å². The Bertz CT molecular complexity index is 663. The smallest absolute Gasteiger partial charge is 0.321 e. The van der Waals surface area contributed by atoms with Gasteiger partial charge < -0.3 is 10.2 Å². The average molecular weight is 301 g/mol. The van der Waals surface area contributed by atoms with Crippen LogP contribution in [0.15, 0.2) is 43.0 Å². The van der Waals surface area contributed by atoms with Crippen molar-refractivity contribution in [1.29, 1.82) is 0 Å². The lowest BCUT2D eigenvalue weighted by atomic mass is 10.2. The number of urea groups is 1. The third-order valence-electron chi connectivity index (χ3n) is 3.07. The fourth-order valence-corrected chi connectivity index (χ4v) is 1.80. The van der Waals surface area contributed by atoms with E-state index in [0.29, 0.717) is 13.0 Å². The number of anilines is 1. The molecule has 0 saturated carbocycles. The molecule has 22 heavy (non-hydrogen) atoms. The first kappa shape index (κ1) is 15.4. The fraction of sp³-hybridized carbons (Fsp3) is 0.214. The van der Waals surface area contributed by atoms with E-state index in [9.17, 15) is 14.9 Å². The standard InChI is InChI=1S/C14H15N5O3/c1-18(9-5-11-2-6-15-7-3-11)14(20)17-12-4-8-16-10-13(12)19(21)22/h2-4,6-8,10H,5,9H2,1H3,(H,16,17,20). The van der Waals surface area contributed by atoms with Gasteiger partial charge in [-0.25, -0.2) is 4.79 Å². The van der Waals surface area contributed by atoms with Crippen LogP contribution >= 0.6 is 0 Å². The second kappa shape index (κ2) is 7.11. The van der Waals surface area contributed by atoms with E-state index in [-0.39, 0.29) is 11.4 Å². The van der Waals surface area contributed by atoms with Crippen LogP contribution in [-0.2, 0) is 6.42 Å². The zero-order valence-electron chi connectivity index (χ0n) is 12.0. The number of aromatic nitrogens is 2. The van der Waals surface area contributed by atoms with Crippen molar-refractivity contribution in [2.45, 2.75) is 6.42 Å². The van der Waals surface area contributed by atoms with Gasteiger partial charge in [0.05, 0.1) is 4.92 Å². The SMILES string of the molecule is CN(CCc1ccncc1)C(=O)Nc1ccncc1[N+](=O)[O-]. The van der Waals surface area contributed by atoms with Crippen molar-refractivity contribution >= 4 is 17.4 Å². The van der Waals surface area contributed by atoms with E-state index in [4.69, 9.17) is 0 Å². The van der Waals surface area contributed by atoms with Crippen LogP contribution in [-0.4, -0.2) is 39.4 Å². The summed E-state index contributed by atoms with van der Waals surface area (Å²) >= 11 is 0. The number of hydrogen-bond acceptors (Lipinski definition) is 5. The van der Waals surface area contributed by atoms with Crippen molar-refractivity contribution in [2.75, 3.05) is 18.9 Å². The normalized spacial score (nSPS) is 10.0. The van der Waals surface area contributed by atoms with E-state index in [2.05, 4.69) is 15.3 Å². The average Bonchev–Trinajstić information content (AvgIpc) is 2.53. The van der Waals surface area contributed by atoms with E-state index in [1.807, 2.05) is 12.1 Å². The summed E-state index contributed by atoms with van der Waals surface area (Å²) in [5.74, 6) is 0. The number of pyridine rings is 2. The second-order valence-corrected chi connectivity index (χ2v) is 4.61. The lowest BCUT2D eigenvalue weighted by molar-refractivity contribution is -0.384. The molecule has 1 N–H and O–H groups in total. The maximum Gasteiger partial charge on any atom is 0.321 e. The third-order valence-corrected chi connectivity index (χ3v) is 3.07. The summed E-state index contributed by atoms with van der Waals surface area (Å²) in [6.07, 6.45) is 6.54. The topological polar surface area (TPSA) is 101 Å². The molecule has 2 aromatic rings. The van der Waals surface area contributed by atoms with Crippen molar-refractivity contribution in [3.05, 3.63) is 58.7 Å². The molecule has 0 atom stereocenters. The molecular formula is C14H15N5O3. The van der Waals surface area contributed by atoms with Gasteiger partial charge in [-0.2, -0.15) is 0 Å². The number of nitro groups is 1. The summed E-state index contributed by atoms with van der Waals surface area (Å²) in [5, 5.41) is 13.4. The molecule has 8 nitrogen and oxygen atoms in total. The molecule has 0 saturated heterocycles. The minimum absolute atomic E-state index is 0.126. The zero-order chi connectivity index (χ0) is 15.9. The van der Waals surface area contributed by atoms with E-state index in [1.54, 1.807) is 19.4 Å². The van der Waals surface area contributed by atoms with E-state index in [1.165, 1.54) is 17.2 Å². The van der Waals surface area contributed by atoms with Crippen LogP contribution in [0.5, 0.6) is 0 Å². The molecule has 2 rings (SSSR count). The number of hydrogen-bond donors (Lipinski definition) is 1. The Morgan fingerprint density at radius 2 is 1.95 bits per heavy atom. The molecule has 0 aliphatic carbocycles. The monoisotopic (exact) mass is 301 g/mol. The number of amides is 2. The lowest BCUT2D eigenvalue weighted by Gasteiger charge is -2.17. The third kappa shape index (κ3) is 3.98. The van der Waals surface area contributed by atoms with Crippen molar-refractivity contribution in [3.63, 3.8) is 0 Å². The molecule has 0 spiro atoms. The Morgan fingerprint density at radius 3 is 2.64 bits per heavy atom. The van der Waals surface area contributed by atoms with Gasteiger partial charge in [-0.1, -0.05) is 0 Å². The van der Waals surface area contributed by atoms with Crippen LogP contribution in [0.4, 0.5) is 16.2 Å². The summed E-state index contributed by atoms with van der Waals surface area (Å²) < 4.78 is 0. The van der Waals surface area contributed by atoms with Gasteiger partial charge in [-0.15, -0.1) is 0 Å². The lowest BCUT2D eigenvalue weighted by Crippen LogP contribution is -2.33. The molecule has 0 radical (unpaired) electrons. The highest BCUT2D eigenvalue weighted by Gasteiger charge is 2.17. The Labute approximate surface area is 127 Å². The number of carbonyl (C=O) groups is 1. The highest BCUT2D eigenvalue weighted by Crippen LogP contribution is 2.22. The number of nitrogens with one attached hydrogen (secondary N) is 1. The fourth-order valence-electron chi connectivity index (χ4n) is 1.80. The molecular weight excluding hydrogens is 286 g/mol. The molecule has 2 aromatic heterocycles. The summed E-state index contributed by atoms with van der Waals surface area (Å²) in [5.41, 5.74) is 0.948. The Morgan fingerprint density at radius 1 is 1.27 bits per heavy atom. The van der Waals surface area contributed by atoms with Gasteiger partial charge in [0.1, 0.15) is 11.9 Å². The summed E-state index contributed by atoms with van der Waals surface area (Å²) in [6.45, 7) is 0.481. The predicted octanol–water partition coefficient (Wildman–Crippen LogP) is 2.09. The molecule has 0 aliphatic heterocycles. The molecule has 114 valence electrons. The van der Waals surface area contributed by atoms with Gasteiger partial charge in [0, 0.05) is 32.2 Å². The van der Waals surface area contributed by atoms with Crippen LogP contribution in [0.1, 0.15) is 5.56 Å². The molecule has 0 fully saturated rings. The molecule has 0 bridgehead atoms. The molecule has 0 aromatic carbocycles. The van der Waals surface area contributed by atoms with Crippen LogP contribution in [0.3, 0.4) is 0 Å². The molecule has 8 heteroatoms. The first-order chi connectivity index (χ1) is 10.6. The number of rotatable bonds is 5. The highest BCUT2D eigenvalue weighted by molar-refractivity contribution is 5.91. The van der Waals surface area contributed by atoms with Crippen LogP contribution in [0.2, 0.25) is 0 Å². The number of likely N-dealkylation sites (N-methyl/N-ethyl adjacent to an activating group) is 1. The largest absolute Gasteiger partial charge is 0.327 e. The predicted molar refractivity (Wildman–Crippen MR) is 80.5 cm³/mol. The van der Waals surface area contributed by atoms with Crippen LogP contribution in [0.25, 0.3) is 0 Å². The van der Waals surface area contributed by atoms with Crippen molar-refractivity contribution in [2.24, 2.45) is 0 Å². The maximum atomic E-state index is 12.1. The minimum Gasteiger partial charge on any atom is -0.327 e. The first-order valence-corrected chi connectivity index (χ1v) is 6.57. The van der Waals surface area contributed by atoms with Gasteiger partial charge >= 0.3 is 11.7 Å². The van der Waals surface area contributed by atoms with Crippen LogP contribution < -0.4 is 5.32 Å². The Hall–Kier alpha value is -3.03. The Balaban J connectivity index is 1.96. The van der Waals surface area contributed by atoms with Crippen molar-refractivity contribution in [1.82, 2.24) is 14.9 Å². The van der Waals surface area contributed by atoms with Crippen molar-refractivity contribution in [3.8, 4) is 0 Å². The first-order valence-electron chi connectivity index (χ1n) is 6.57. The summed E-state index contributed by atoms with van der Waals surface area (Å²) in [6, 6.07) is 4.73. The Kier molecular flexibility index (Phi) is 4.97. The van der Waals surface area contributed by atoms with Gasteiger partial charge in [0.15, 0.2) is 0 Å². The van der Waals surface area contributed by atoms with Gasteiger partial charge in [-0.05, 0) is 30.2 Å². The van der Waals surface area contributed by atoms with E-state index >= 15 is 0 Å². The number of carbonyl (C=O) groups excluding carboxylic acids is 1. The minimum atomic E-state index is -0.584. The molecule has 0 unspecified atom stereocenters. The van der Waals surface area contributed by atoms with Gasteiger partial charge in [-0.3, -0.25) is 20.1 Å². The zero-order valence-corrected chi connectivity index (χ0v) is 12.0. The summed E-state index contributed by atoms with van der Waals surface area (Å²) in [4.78, 5) is 31.4. The molecule has 2 heterocycles. The quantitative estimate of drug-likeness (QED) is 0.673. The number of nitrogens with zero attached hydrogens (tertiary/aromatic N) is 4.